The molecule has 0 aromatic carbocycles. The zero-order valence-electron chi connectivity index (χ0n) is 10.5. The fourth-order valence-electron chi connectivity index (χ4n) is 1.81. The largest absolute Gasteiger partial charge is 0.339 e. The molecule has 0 saturated carbocycles. The minimum atomic E-state index is 0.0955. The third-order valence-corrected chi connectivity index (χ3v) is 2.67. The van der Waals surface area contributed by atoms with Crippen molar-refractivity contribution < 1.29 is 4.52 Å². The first kappa shape index (κ1) is 12.7. The van der Waals surface area contributed by atoms with Crippen LogP contribution in [-0.2, 0) is 12.8 Å². The van der Waals surface area contributed by atoms with Crippen molar-refractivity contribution in [1.82, 2.24) is 15.1 Å². The molecule has 0 aliphatic rings. The average Bonchev–Trinajstić information content (AvgIpc) is 2.78. The summed E-state index contributed by atoms with van der Waals surface area (Å²) in [5.41, 5.74) is 6.87. The van der Waals surface area contributed by atoms with Gasteiger partial charge >= 0.3 is 0 Å². The second-order valence-electron chi connectivity index (χ2n) is 4.36. The fraction of sp³-hybridized carbons (Fsp3) is 0.462. The lowest BCUT2D eigenvalue weighted by molar-refractivity contribution is 0.361. The van der Waals surface area contributed by atoms with E-state index in [9.17, 15) is 0 Å². The van der Waals surface area contributed by atoms with Gasteiger partial charge in [0.15, 0.2) is 5.82 Å². The minimum absolute atomic E-state index is 0.0955. The Labute approximate surface area is 106 Å². The summed E-state index contributed by atoms with van der Waals surface area (Å²) in [7, 11) is 0. The van der Waals surface area contributed by atoms with Crippen molar-refractivity contribution in [2.24, 2.45) is 5.73 Å². The molecule has 5 heteroatoms. The molecule has 0 aliphatic carbocycles. The smallest absolute Gasteiger partial charge is 0.228 e. The van der Waals surface area contributed by atoms with Crippen molar-refractivity contribution in [1.29, 1.82) is 0 Å². The molecule has 2 N–H and O–H groups in total. The van der Waals surface area contributed by atoms with E-state index in [1.165, 1.54) is 0 Å². The van der Waals surface area contributed by atoms with E-state index in [-0.39, 0.29) is 6.04 Å². The van der Waals surface area contributed by atoms with Gasteiger partial charge < -0.3 is 10.3 Å². The maximum atomic E-state index is 5.94. The SMILES string of the molecule is CCCC(N)Cc1nc(Cc2ccccn2)no1. The first-order valence-corrected chi connectivity index (χ1v) is 6.25. The summed E-state index contributed by atoms with van der Waals surface area (Å²) in [6.07, 6.45) is 5.03. The highest BCUT2D eigenvalue weighted by Crippen LogP contribution is 2.07. The van der Waals surface area contributed by atoms with Crippen molar-refractivity contribution in [3.63, 3.8) is 0 Å². The van der Waals surface area contributed by atoms with Crippen LogP contribution in [0.3, 0.4) is 0 Å². The second-order valence-corrected chi connectivity index (χ2v) is 4.36. The lowest BCUT2D eigenvalue weighted by atomic mass is 10.1. The summed E-state index contributed by atoms with van der Waals surface area (Å²) in [5.74, 6) is 1.27. The lowest BCUT2D eigenvalue weighted by Crippen LogP contribution is -2.22. The van der Waals surface area contributed by atoms with E-state index in [1.807, 2.05) is 18.2 Å². The summed E-state index contributed by atoms with van der Waals surface area (Å²) >= 11 is 0. The van der Waals surface area contributed by atoms with E-state index in [4.69, 9.17) is 10.3 Å². The molecule has 1 unspecified atom stereocenters. The van der Waals surface area contributed by atoms with Crippen LogP contribution in [0.1, 0.15) is 37.2 Å². The van der Waals surface area contributed by atoms with Crippen LogP contribution in [0, 0.1) is 0 Å². The van der Waals surface area contributed by atoms with E-state index < -0.39 is 0 Å². The first-order valence-electron chi connectivity index (χ1n) is 6.25. The Balaban J connectivity index is 1.94. The molecule has 1 atom stereocenters. The number of hydrogen-bond donors (Lipinski definition) is 1. The van der Waals surface area contributed by atoms with Gasteiger partial charge in [-0.2, -0.15) is 4.98 Å². The Hall–Kier alpha value is -1.75. The normalized spacial score (nSPS) is 12.6. The van der Waals surface area contributed by atoms with Crippen molar-refractivity contribution in [2.45, 2.75) is 38.6 Å². The molecule has 2 aromatic heterocycles. The van der Waals surface area contributed by atoms with Gasteiger partial charge in [-0.3, -0.25) is 4.98 Å². The number of rotatable bonds is 6. The standard InChI is InChI=1S/C13H18N4O/c1-2-5-10(14)8-13-16-12(17-18-13)9-11-6-3-4-7-15-11/h3-4,6-7,10H,2,5,8-9,14H2,1H3. The third kappa shape index (κ3) is 3.63. The molecule has 2 rings (SSSR count). The number of hydrogen-bond acceptors (Lipinski definition) is 5. The molecule has 18 heavy (non-hydrogen) atoms. The number of pyridine rings is 1. The highest BCUT2D eigenvalue weighted by molar-refractivity contribution is 5.09. The Morgan fingerprint density at radius 2 is 2.28 bits per heavy atom. The Kier molecular flexibility index (Phi) is 4.41. The van der Waals surface area contributed by atoms with Crippen molar-refractivity contribution in [2.75, 3.05) is 0 Å². The van der Waals surface area contributed by atoms with Crippen LogP contribution in [0.2, 0.25) is 0 Å². The zero-order chi connectivity index (χ0) is 12.8. The van der Waals surface area contributed by atoms with Crippen molar-refractivity contribution >= 4 is 0 Å². The van der Waals surface area contributed by atoms with Gasteiger partial charge in [0.1, 0.15) is 0 Å². The van der Waals surface area contributed by atoms with E-state index >= 15 is 0 Å². The van der Waals surface area contributed by atoms with Gasteiger partial charge in [0.25, 0.3) is 0 Å². The molecule has 2 heterocycles. The number of aromatic nitrogens is 3. The van der Waals surface area contributed by atoms with Crippen molar-refractivity contribution in [3.05, 3.63) is 41.8 Å². The maximum absolute atomic E-state index is 5.94. The van der Waals surface area contributed by atoms with Crippen LogP contribution < -0.4 is 5.73 Å². The molecule has 96 valence electrons. The summed E-state index contributed by atoms with van der Waals surface area (Å²) in [6, 6.07) is 5.87. The maximum Gasteiger partial charge on any atom is 0.228 e. The molecule has 5 nitrogen and oxygen atoms in total. The summed E-state index contributed by atoms with van der Waals surface area (Å²) in [4.78, 5) is 8.56. The van der Waals surface area contributed by atoms with Crippen LogP contribution in [0.15, 0.2) is 28.9 Å². The van der Waals surface area contributed by atoms with Gasteiger partial charge in [-0.15, -0.1) is 0 Å². The average molecular weight is 246 g/mol. The molecular formula is C13H18N4O. The zero-order valence-corrected chi connectivity index (χ0v) is 10.5. The van der Waals surface area contributed by atoms with Crippen LogP contribution in [0.5, 0.6) is 0 Å². The molecule has 0 fully saturated rings. The molecule has 0 aliphatic heterocycles. The van der Waals surface area contributed by atoms with E-state index in [2.05, 4.69) is 22.0 Å². The van der Waals surface area contributed by atoms with Crippen LogP contribution in [0.4, 0.5) is 0 Å². The van der Waals surface area contributed by atoms with Crippen LogP contribution in [0.25, 0.3) is 0 Å². The third-order valence-electron chi connectivity index (χ3n) is 2.67. The van der Waals surface area contributed by atoms with Gasteiger partial charge in [-0.1, -0.05) is 24.6 Å². The van der Waals surface area contributed by atoms with Gasteiger partial charge in [0.05, 0.1) is 6.42 Å². The molecule has 0 spiro atoms. The molecule has 2 aromatic rings. The highest BCUT2D eigenvalue weighted by Gasteiger charge is 2.11. The van der Waals surface area contributed by atoms with Crippen molar-refractivity contribution in [3.8, 4) is 0 Å². The van der Waals surface area contributed by atoms with Gasteiger partial charge in [-0.05, 0) is 18.6 Å². The lowest BCUT2D eigenvalue weighted by Gasteiger charge is -2.05. The molecule has 0 bridgehead atoms. The summed E-state index contributed by atoms with van der Waals surface area (Å²) in [5, 5.41) is 3.94. The van der Waals surface area contributed by atoms with Gasteiger partial charge in [-0.25, -0.2) is 0 Å². The summed E-state index contributed by atoms with van der Waals surface area (Å²) < 4.78 is 5.18. The van der Waals surface area contributed by atoms with E-state index in [0.717, 1.165) is 18.5 Å². The highest BCUT2D eigenvalue weighted by atomic mass is 16.5. The molecule has 0 saturated heterocycles. The Morgan fingerprint density at radius 1 is 1.39 bits per heavy atom. The predicted molar refractivity (Wildman–Crippen MR) is 67.9 cm³/mol. The molecule has 0 radical (unpaired) electrons. The predicted octanol–water partition coefficient (Wildman–Crippen LogP) is 1.73. The molecule has 0 amide bonds. The van der Waals surface area contributed by atoms with Crippen LogP contribution >= 0.6 is 0 Å². The number of nitrogens with two attached hydrogens (primary N) is 1. The van der Waals surface area contributed by atoms with Gasteiger partial charge in [0, 0.05) is 24.4 Å². The number of nitrogens with zero attached hydrogens (tertiary/aromatic N) is 3. The Morgan fingerprint density at radius 3 is 3.00 bits per heavy atom. The van der Waals surface area contributed by atoms with Crippen LogP contribution in [-0.4, -0.2) is 21.2 Å². The monoisotopic (exact) mass is 246 g/mol. The van der Waals surface area contributed by atoms with E-state index in [0.29, 0.717) is 24.6 Å². The fourth-order valence-corrected chi connectivity index (χ4v) is 1.81. The minimum Gasteiger partial charge on any atom is -0.339 e. The first-order chi connectivity index (χ1) is 8.78. The molecular weight excluding hydrogens is 228 g/mol. The quantitative estimate of drug-likeness (QED) is 0.839. The van der Waals surface area contributed by atoms with Gasteiger partial charge in [0.2, 0.25) is 5.89 Å². The van der Waals surface area contributed by atoms with E-state index in [1.54, 1.807) is 6.20 Å². The summed E-state index contributed by atoms with van der Waals surface area (Å²) in [6.45, 7) is 2.11. The topological polar surface area (TPSA) is 77.8 Å². The Bertz CT molecular complexity index is 469. The second kappa shape index (κ2) is 6.26.